The maximum atomic E-state index is 13.0. The fourth-order valence-corrected chi connectivity index (χ4v) is 10.1. The van der Waals surface area contributed by atoms with E-state index in [0.717, 1.165) is 55.8 Å². The van der Waals surface area contributed by atoms with E-state index in [0.29, 0.717) is 86.4 Å². The van der Waals surface area contributed by atoms with Gasteiger partial charge in [0.2, 0.25) is 23.7 Å². The number of rotatable bonds is 10. The van der Waals surface area contributed by atoms with Gasteiger partial charge in [-0.25, -0.2) is 19.9 Å². The number of benzene rings is 2. The summed E-state index contributed by atoms with van der Waals surface area (Å²) in [4.78, 5) is 85.1. The van der Waals surface area contributed by atoms with Crippen LogP contribution in [0, 0.1) is 25.2 Å². The summed E-state index contributed by atoms with van der Waals surface area (Å²) in [6.07, 6.45) is 7.44. The van der Waals surface area contributed by atoms with Gasteiger partial charge in [-0.15, -0.1) is 0 Å². The number of amides is 2. The molecule has 2 aliphatic rings. The molecule has 2 aliphatic heterocycles. The summed E-state index contributed by atoms with van der Waals surface area (Å²) in [6.45, 7) is 15.9. The van der Waals surface area contributed by atoms with Gasteiger partial charge in [-0.2, -0.15) is 5.26 Å². The van der Waals surface area contributed by atoms with Crippen LogP contribution in [0.2, 0.25) is 0 Å². The van der Waals surface area contributed by atoms with Crippen molar-refractivity contribution in [2.24, 2.45) is 14.1 Å². The number of nitriles is 1. The molecule has 0 spiro atoms. The van der Waals surface area contributed by atoms with Crippen molar-refractivity contribution in [3.63, 3.8) is 0 Å². The van der Waals surface area contributed by atoms with Crippen molar-refractivity contribution in [2.75, 3.05) is 49.1 Å². The van der Waals surface area contributed by atoms with Crippen molar-refractivity contribution in [3.8, 4) is 28.3 Å². The number of aryl methyl sites for hydroxylation is 2. The highest BCUT2D eigenvalue weighted by molar-refractivity contribution is 5.85. The van der Waals surface area contributed by atoms with Crippen molar-refractivity contribution in [1.82, 2.24) is 58.4 Å². The molecule has 0 radical (unpaired) electrons. The maximum absolute atomic E-state index is 13.0. The summed E-state index contributed by atoms with van der Waals surface area (Å²) in [5, 5.41) is 19.8. The summed E-state index contributed by atoms with van der Waals surface area (Å²) in [7, 11) is 3.50. The molecule has 2 amide bonds. The molecule has 0 saturated carbocycles. The highest BCUT2D eigenvalue weighted by atomic mass is 16.3. The zero-order valence-electron chi connectivity index (χ0n) is 43.6. The number of aliphatic hydroxyl groups is 1. The van der Waals surface area contributed by atoms with E-state index in [1.807, 2.05) is 101 Å². The Morgan fingerprint density at radius 3 is 1.41 bits per heavy atom. The molecule has 2 saturated heterocycles. The van der Waals surface area contributed by atoms with Crippen molar-refractivity contribution in [2.45, 2.75) is 79.7 Å². The zero-order chi connectivity index (χ0) is 53.2. The number of piperazine rings is 2. The summed E-state index contributed by atoms with van der Waals surface area (Å²) >= 11 is 0. The second-order valence-electron chi connectivity index (χ2n) is 19.4. The minimum absolute atomic E-state index is 0.0806. The molecule has 2 fully saturated rings. The molecule has 0 bridgehead atoms. The highest BCUT2D eigenvalue weighted by Gasteiger charge is 2.28. The van der Waals surface area contributed by atoms with Crippen LogP contribution in [0.1, 0.15) is 61.6 Å². The number of hydrogen-bond donors (Lipinski definition) is 1. The Morgan fingerprint density at radius 2 is 1.03 bits per heavy atom. The van der Waals surface area contributed by atoms with Crippen LogP contribution in [-0.4, -0.2) is 127 Å². The lowest BCUT2D eigenvalue weighted by molar-refractivity contribution is -0.132. The molecule has 8 aromatic rings. The highest BCUT2D eigenvalue weighted by Crippen LogP contribution is 2.27. The Morgan fingerprint density at radius 1 is 0.613 bits per heavy atom. The molecule has 20 heteroatoms. The number of carbonyl (C=O) groups is 2. The second-order valence-corrected chi connectivity index (χ2v) is 19.4. The van der Waals surface area contributed by atoms with Crippen molar-refractivity contribution in [1.29, 1.82) is 5.26 Å². The summed E-state index contributed by atoms with van der Waals surface area (Å²) in [5.74, 6) is 1.45. The lowest BCUT2D eigenvalue weighted by atomic mass is 10.1. The SMILES string of the molecule is CC(=O)N1CCN(c2ncc(-c3ccc4c(=O)n(C)n(Cc5nc(CC#N)ccc5C)c4c3)cn2)C[C@H]1C.CC(=O)N1CCN(c2ncc(-c3ccc4c(=O)n(C)n(Cc5nc(CO)ccc5C)c4c3)cn2)C[C@H]1C. The Labute approximate surface area is 433 Å². The van der Waals surface area contributed by atoms with Gasteiger partial charge in [0.25, 0.3) is 11.1 Å². The number of nitrogens with zero attached hydrogens (tertiary/aromatic N) is 15. The number of anilines is 2. The van der Waals surface area contributed by atoms with E-state index >= 15 is 0 Å². The molecule has 6 aromatic heterocycles. The minimum Gasteiger partial charge on any atom is -0.390 e. The number of fused-ring (bicyclic) bond motifs is 2. The zero-order valence-corrected chi connectivity index (χ0v) is 43.6. The lowest BCUT2D eigenvalue weighted by Gasteiger charge is -2.39. The van der Waals surface area contributed by atoms with Gasteiger partial charge in [-0.05, 0) is 86.3 Å². The van der Waals surface area contributed by atoms with Gasteiger partial charge in [-0.3, -0.25) is 47.9 Å². The van der Waals surface area contributed by atoms with Crippen LogP contribution in [0.25, 0.3) is 44.1 Å². The van der Waals surface area contributed by atoms with E-state index in [9.17, 15) is 24.3 Å². The molecule has 2 aromatic carbocycles. The van der Waals surface area contributed by atoms with E-state index in [2.05, 4.69) is 45.8 Å². The third-order valence-corrected chi connectivity index (χ3v) is 14.4. The predicted molar refractivity (Wildman–Crippen MR) is 286 cm³/mol. The number of carbonyl (C=O) groups excluding carboxylic acids is 2. The quantitative estimate of drug-likeness (QED) is 0.195. The van der Waals surface area contributed by atoms with E-state index < -0.39 is 0 Å². The first kappa shape index (κ1) is 51.3. The molecule has 386 valence electrons. The first-order chi connectivity index (χ1) is 36.0. The van der Waals surface area contributed by atoms with Gasteiger partial charge < -0.3 is 24.7 Å². The molecule has 1 N–H and O–H groups in total. The normalized spacial score (nSPS) is 15.8. The summed E-state index contributed by atoms with van der Waals surface area (Å²) < 4.78 is 7.02. The Hall–Kier alpha value is -8.57. The van der Waals surface area contributed by atoms with Gasteiger partial charge in [0.15, 0.2) is 0 Å². The average molecular weight is 1010 g/mol. The third-order valence-electron chi connectivity index (χ3n) is 14.4. The fraction of sp³-hybridized carbons (Fsp3) is 0.364. The monoisotopic (exact) mass is 1010 g/mol. The van der Waals surface area contributed by atoms with Crippen molar-refractivity contribution < 1.29 is 14.7 Å². The molecule has 10 rings (SSSR count). The van der Waals surface area contributed by atoms with Crippen LogP contribution in [0.4, 0.5) is 11.9 Å². The third kappa shape index (κ3) is 10.5. The van der Waals surface area contributed by atoms with E-state index in [1.165, 1.54) is 0 Å². The van der Waals surface area contributed by atoms with Crippen LogP contribution < -0.4 is 20.9 Å². The molecular formula is C55H61N15O5. The number of aliphatic hydroxyl groups excluding tert-OH is 1. The average Bonchev–Trinajstić information content (AvgIpc) is 3.81. The smallest absolute Gasteiger partial charge is 0.274 e. The van der Waals surface area contributed by atoms with Crippen LogP contribution in [0.15, 0.2) is 95.0 Å². The standard InChI is InChI=1S/C28H30N8O2.C27H31N7O3/c1-18-5-7-23(9-10-29)32-25(18)17-36-26-13-21(6-8-24(26)27(38)33(36)4)22-14-30-28(31-15-22)34-11-12-35(20(3)37)19(2)16-34;1-17-5-7-22(16-35)30-24(17)15-34-25-11-20(6-8-23(25)26(37)31(34)4)21-12-28-27(29-13-21)32-9-10-33(19(3)36)18(2)14-32/h5-8,13-15,19H,9,11-12,16-17H2,1-4H3;5-8,11-13,18,35H,9-10,14-16H2,1-4H3/t19-;18-/m11/s1. The van der Waals surface area contributed by atoms with E-state index in [4.69, 9.17) is 5.26 Å². The van der Waals surface area contributed by atoms with E-state index in [1.54, 1.807) is 68.2 Å². The van der Waals surface area contributed by atoms with Gasteiger partial charge >= 0.3 is 0 Å². The van der Waals surface area contributed by atoms with Crippen molar-refractivity contribution in [3.05, 3.63) is 140 Å². The van der Waals surface area contributed by atoms with Crippen LogP contribution >= 0.6 is 0 Å². The predicted octanol–water partition coefficient (Wildman–Crippen LogP) is 4.77. The van der Waals surface area contributed by atoms with Crippen LogP contribution in [0.5, 0.6) is 0 Å². The van der Waals surface area contributed by atoms with E-state index in [-0.39, 0.29) is 48.0 Å². The molecule has 75 heavy (non-hydrogen) atoms. The minimum atomic E-state index is -0.135. The fourth-order valence-electron chi connectivity index (χ4n) is 10.1. The Kier molecular flexibility index (Phi) is 14.7. The Bertz CT molecular complexity index is 3610. The van der Waals surface area contributed by atoms with Gasteiger partial charge in [0, 0.05) is 115 Å². The van der Waals surface area contributed by atoms with Gasteiger partial charge in [0.1, 0.15) is 0 Å². The first-order valence-corrected chi connectivity index (χ1v) is 25.0. The maximum Gasteiger partial charge on any atom is 0.274 e. The molecular weight excluding hydrogens is 951 g/mol. The number of hydrogen-bond acceptors (Lipinski definition) is 14. The molecule has 20 nitrogen and oxygen atoms in total. The summed E-state index contributed by atoms with van der Waals surface area (Å²) in [6, 6.07) is 21.4. The molecule has 2 atom stereocenters. The first-order valence-electron chi connectivity index (χ1n) is 25.0. The van der Waals surface area contributed by atoms with Crippen LogP contribution in [-0.2, 0) is 49.8 Å². The Balaban J connectivity index is 0.000000184. The molecule has 8 heterocycles. The van der Waals surface area contributed by atoms with Gasteiger partial charge in [0.05, 0.1) is 76.8 Å². The number of pyridine rings is 2. The van der Waals surface area contributed by atoms with Gasteiger partial charge in [-0.1, -0.05) is 24.3 Å². The lowest BCUT2D eigenvalue weighted by Crippen LogP contribution is -2.53. The van der Waals surface area contributed by atoms with Crippen LogP contribution in [0.3, 0.4) is 0 Å². The largest absolute Gasteiger partial charge is 0.390 e. The topological polar surface area (TPSA) is 222 Å². The second kappa shape index (κ2) is 21.5. The van der Waals surface area contributed by atoms with Crippen molar-refractivity contribution >= 4 is 45.5 Å². The summed E-state index contributed by atoms with van der Waals surface area (Å²) in [5.41, 5.74) is 9.84. The molecule has 0 aliphatic carbocycles. The number of aromatic nitrogens is 10. The molecule has 0 unspecified atom stereocenters.